The van der Waals surface area contributed by atoms with Gasteiger partial charge in [0.2, 0.25) is 0 Å². The van der Waals surface area contributed by atoms with Gasteiger partial charge in [-0.2, -0.15) is 11.8 Å². The van der Waals surface area contributed by atoms with E-state index in [0.717, 1.165) is 11.8 Å². The average Bonchev–Trinajstić information content (AvgIpc) is 2.40. The van der Waals surface area contributed by atoms with Crippen molar-refractivity contribution in [2.45, 2.75) is 64.8 Å². The summed E-state index contributed by atoms with van der Waals surface area (Å²) in [5.74, 6) is -2.82. The van der Waals surface area contributed by atoms with Crippen LogP contribution in [0.3, 0.4) is 0 Å². The number of aliphatic carboxylic acids is 2. The standard InChI is InChI=1S/C16H28N2O8S/c1-15(2,3)25-13(23)17-9(11(19)20)7-27-8-10(12(21)22)18-14(24)26-16(4,5)6/h9-10H,7-8H2,1-6H3,(H,17,23)(H,18,24)(H,19,20)(H,21,22). The molecule has 2 amide bonds. The Morgan fingerprint density at radius 2 is 1.07 bits per heavy atom. The van der Waals surface area contributed by atoms with Crippen LogP contribution in [0.5, 0.6) is 0 Å². The van der Waals surface area contributed by atoms with Gasteiger partial charge in [0.15, 0.2) is 0 Å². The predicted molar refractivity (Wildman–Crippen MR) is 98.9 cm³/mol. The smallest absolute Gasteiger partial charge is 0.408 e. The van der Waals surface area contributed by atoms with E-state index in [9.17, 15) is 29.4 Å². The molecule has 0 rings (SSSR count). The van der Waals surface area contributed by atoms with Gasteiger partial charge in [0.05, 0.1) is 0 Å². The number of amides is 2. The lowest BCUT2D eigenvalue weighted by atomic mass is 10.2. The SMILES string of the molecule is CC(C)(C)OC(=O)NC(CSCC(NC(=O)OC(C)(C)C)C(=O)O)C(=O)O. The number of carbonyl (C=O) groups excluding carboxylic acids is 2. The van der Waals surface area contributed by atoms with Crippen LogP contribution in [-0.2, 0) is 19.1 Å². The zero-order chi connectivity index (χ0) is 21.4. The van der Waals surface area contributed by atoms with Gasteiger partial charge in [-0.25, -0.2) is 19.2 Å². The first-order valence-corrected chi connectivity index (χ1v) is 9.28. The number of rotatable bonds is 8. The fourth-order valence-electron chi connectivity index (χ4n) is 1.55. The summed E-state index contributed by atoms with van der Waals surface area (Å²) >= 11 is 0.944. The van der Waals surface area contributed by atoms with Gasteiger partial charge in [-0.05, 0) is 41.5 Å². The first-order chi connectivity index (χ1) is 12.1. The Labute approximate surface area is 162 Å². The van der Waals surface area contributed by atoms with Crippen molar-refractivity contribution >= 4 is 35.9 Å². The number of hydrogen-bond acceptors (Lipinski definition) is 7. The molecular formula is C16H28N2O8S. The summed E-state index contributed by atoms with van der Waals surface area (Å²) < 4.78 is 9.99. The Kier molecular flexibility index (Phi) is 9.42. The van der Waals surface area contributed by atoms with Crippen molar-refractivity contribution in [3.05, 3.63) is 0 Å². The molecule has 0 heterocycles. The Hall–Kier alpha value is -2.17. The molecule has 0 aliphatic heterocycles. The van der Waals surface area contributed by atoms with Crippen LogP contribution >= 0.6 is 11.8 Å². The van der Waals surface area contributed by atoms with E-state index in [4.69, 9.17) is 9.47 Å². The monoisotopic (exact) mass is 408 g/mol. The summed E-state index contributed by atoms with van der Waals surface area (Å²) in [5, 5.41) is 22.8. The molecule has 0 saturated heterocycles. The summed E-state index contributed by atoms with van der Waals surface area (Å²) in [6.07, 6.45) is -1.78. The maximum Gasteiger partial charge on any atom is 0.408 e. The summed E-state index contributed by atoms with van der Waals surface area (Å²) in [4.78, 5) is 45.9. The van der Waals surface area contributed by atoms with Gasteiger partial charge in [0.25, 0.3) is 0 Å². The first kappa shape index (κ1) is 24.8. The average molecular weight is 408 g/mol. The zero-order valence-electron chi connectivity index (χ0n) is 16.3. The number of alkyl carbamates (subject to hydrolysis) is 2. The summed E-state index contributed by atoms with van der Waals surface area (Å²) in [7, 11) is 0. The third-order valence-corrected chi connectivity index (χ3v) is 3.69. The van der Waals surface area contributed by atoms with Crippen LogP contribution in [0.1, 0.15) is 41.5 Å². The third kappa shape index (κ3) is 12.8. The Balaban J connectivity index is 4.64. The van der Waals surface area contributed by atoms with Crippen molar-refractivity contribution in [3.63, 3.8) is 0 Å². The Bertz CT molecular complexity index is 506. The number of carbonyl (C=O) groups is 4. The molecule has 0 aromatic heterocycles. The maximum absolute atomic E-state index is 11.7. The molecule has 2 atom stereocenters. The van der Waals surface area contributed by atoms with Gasteiger partial charge in [-0.1, -0.05) is 0 Å². The molecule has 0 bridgehead atoms. The van der Waals surface area contributed by atoms with E-state index in [-0.39, 0.29) is 11.5 Å². The fraction of sp³-hybridized carbons (Fsp3) is 0.750. The largest absolute Gasteiger partial charge is 0.480 e. The second kappa shape index (κ2) is 10.2. The second-order valence-corrected chi connectivity index (χ2v) is 8.69. The van der Waals surface area contributed by atoms with E-state index < -0.39 is 47.4 Å². The predicted octanol–water partition coefficient (Wildman–Crippen LogP) is 1.68. The highest BCUT2D eigenvalue weighted by atomic mass is 32.2. The minimum Gasteiger partial charge on any atom is -0.480 e. The highest BCUT2D eigenvalue weighted by Gasteiger charge is 2.27. The lowest BCUT2D eigenvalue weighted by molar-refractivity contribution is -0.139. The van der Waals surface area contributed by atoms with Crippen LogP contribution in [0.25, 0.3) is 0 Å². The van der Waals surface area contributed by atoms with Crippen LogP contribution in [0.15, 0.2) is 0 Å². The molecule has 27 heavy (non-hydrogen) atoms. The van der Waals surface area contributed by atoms with E-state index in [1.165, 1.54) is 0 Å². The quantitative estimate of drug-likeness (QED) is 0.470. The Morgan fingerprint density at radius 1 is 0.778 bits per heavy atom. The Morgan fingerprint density at radius 3 is 1.30 bits per heavy atom. The van der Waals surface area contributed by atoms with E-state index in [1.54, 1.807) is 41.5 Å². The summed E-state index contributed by atoms with van der Waals surface area (Å²) in [6, 6.07) is -2.55. The minimum atomic E-state index is -1.29. The normalized spacial score (nSPS) is 13.9. The van der Waals surface area contributed by atoms with Gasteiger partial charge >= 0.3 is 24.1 Å². The van der Waals surface area contributed by atoms with Gasteiger partial charge in [0.1, 0.15) is 23.3 Å². The molecule has 2 unspecified atom stereocenters. The summed E-state index contributed by atoms with van der Waals surface area (Å²) in [6.45, 7) is 9.81. The van der Waals surface area contributed by atoms with Crippen LogP contribution in [-0.4, -0.2) is 69.1 Å². The number of carboxylic acid groups (broad SMARTS) is 2. The van der Waals surface area contributed by atoms with Crippen molar-refractivity contribution in [3.8, 4) is 0 Å². The highest BCUT2D eigenvalue weighted by molar-refractivity contribution is 7.99. The number of carboxylic acids is 2. The van der Waals surface area contributed by atoms with Crippen molar-refractivity contribution in [2.75, 3.05) is 11.5 Å². The van der Waals surface area contributed by atoms with Crippen molar-refractivity contribution in [2.24, 2.45) is 0 Å². The molecule has 156 valence electrons. The number of ether oxygens (including phenoxy) is 2. The van der Waals surface area contributed by atoms with Gasteiger partial charge in [-0.3, -0.25) is 0 Å². The molecule has 0 fully saturated rings. The molecule has 4 N–H and O–H groups in total. The maximum atomic E-state index is 11.7. The van der Waals surface area contributed by atoms with Crippen LogP contribution < -0.4 is 10.6 Å². The van der Waals surface area contributed by atoms with Crippen LogP contribution in [0, 0.1) is 0 Å². The van der Waals surface area contributed by atoms with Crippen LogP contribution in [0.4, 0.5) is 9.59 Å². The molecule has 0 aliphatic carbocycles. The van der Waals surface area contributed by atoms with Crippen molar-refractivity contribution in [1.29, 1.82) is 0 Å². The molecule has 0 radical (unpaired) electrons. The minimum absolute atomic E-state index is 0.117. The number of thioether (sulfide) groups is 1. The lowest BCUT2D eigenvalue weighted by Gasteiger charge is -2.23. The summed E-state index contributed by atoms with van der Waals surface area (Å²) in [5.41, 5.74) is -1.57. The third-order valence-electron chi connectivity index (χ3n) is 2.55. The van der Waals surface area contributed by atoms with Crippen LogP contribution in [0.2, 0.25) is 0 Å². The number of hydrogen-bond donors (Lipinski definition) is 4. The fourth-order valence-corrected chi connectivity index (χ4v) is 2.61. The zero-order valence-corrected chi connectivity index (χ0v) is 17.1. The number of nitrogens with one attached hydrogen (secondary N) is 2. The molecule has 0 spiro atoms. The molecule has 0 aromatic rings. The second-order valence-electron chi connectivity index (χ2n) is 7.61. The molecule has 11 heteroatoms. The highest BCUT2D eigenvalue weighted by Crippen LogP contribution is 2.11. The topological polar surface area (TPSA) is 151 Å². The van der Waals surface area contributed by atoms with E-state index in [2.05, 4.69) is 10.6 Å². The van der Waals surface area contributed by atoms with Crippen molar-refractivity contribution in [1.82, 2.24) is 10.6 Å². The van der Waals surface area contributed by atoms with Gasteiger partial charge in [-0.15, -0.1) is 0 Å². The van der Waals surface area contributed by atoms with Gasteiger partial charge in [0, 0.05) is 11.5 Å². The molecule has 10 nitrogen and oxygen atoms in total. The van der Waals surface area contributed by atoms with E-state index in [0.29, 0.717) is 0 Å². The molecule has 0 aromatic carbocycles. The lowest BCUT2D eigenvalue weighted by Crippen LogP contribution is -2.47. The molecular weight excluding hydrogens is 380 g/mol. The van der Waals surface area contributed by atoms with Gasteiger partial charge < -0.3 is 30.3 Å². The molecule has 0 saturated carbocycles. The first-order valence-electron chi connectivity index (χ1n) is 8.13. The van der Waals surface area contributed by atoms with E-state index in [1.807, 2.05) is 0 Å². The van der Waals surface area contributed by atoms with Crippen molar-refractivity contribution < 1.29 is 38.9 Å². The molecule has 0 aliphatic rings. The van der Waals surface area contributed by atoms with E-state index >= 15 is 0 Å².